The average Bonchev–Trinajstić information content (AvgIpc) is 3.14. The minimum Gasteiger partial charge on any atom is -0.495 e. The van der Waals surface area contributed by atoms with E-state index in [0.29, 0.717) is 31.8 Å². The van der Waals surface area contributed by atoms with Gasteiger partial charge in [0.2, 0.25) is 0 Å². The number of hydrogen-bond acceptors (Lipinski definition) is 8. The van der Waals surface area contributed by atoms with E-state index in [2.05, 4.69) is 21.2 Å². The number of nitrogens with zero attached hydrogens (tertiary/aromatic N) is 3. The maximum Gasteiger partial charge on any atom is 0.335 e. The third-order valence-corrected chi connectivity index (χ3v) is 8.61. The van der Waals surface area contributed by atoms with Crippen LogP contribution >= 0.6 is 0 Å². The highest BCUT2D eigenvalue weighted by atomic mass is 32.2. The number of carbonyl (C=O) groups excluding carboxylic acids is 1. The van der Waals surface area contributed by atoms with Gasteiger partial charge in [-0.05, 0) is 43.7 Å². The van der Waals surface area contributed by atoms with Gasteiger partial charge in [-0.3, -0.25) is 4.90 Å². The fourth-order valence-electron chi connectivity index (χ4n) is 4.86. The number of piperazine rings is 1. The van der Waals surface area contributed by atoms with Crippen molar-refractivity contribution in [3.8, 4) is 17.2 Å². The SMILES string of the molecule is COc1ccccc1N1CCN(CCCCN2C(=O)Nc3c(ccc4c3OCCCO4)S2(=O)=O)CC1. The minimum absolute atomic E-state index is 0.0406. The van der Waals surface area contributed by atoms with Gasteiger partial charge in [0.25, 0.3) is 10.0 Å². The maximum atomic E-state index is 13.2. The molecule has 0 spiro atoms. The predicted octanol–water partition coefficient (Wildman–Crippen LogP) is 3.00. The first kappa shape index (κ1) is 24.5. The van der Waals surface area contributed by atoms with E-state index in [9.17, 15) is 13.2 Å². The second-order valence-electron chi connectivity index (χ2n) is 9.03. The number of nitrogens with one attached hydrogen (secondary N) is 1. The van der Waals surface area contributed by atoms with Crippen molar-refractivity contribution >= 4 is 27.4 Å². The molecule has 2 aromatic carbocycles. The zero-order valence-corrected chi connectivity index (χ0v) is 21.3. The van der Waals surface area contributed by atoms with E-state index in [1.165, 1.54) is 6.07 Å². The average molecular weight is 517 g/mol. The first-order chi connectivity index (χ1) is 17.5. The molecule has 1 saturated heterocycles. The lowest BCUT2D eigenvalue weighted by Crippen LogP contribution is -2.47. The summed E-state index contributed by atoms with van der Waals surface area (Å²) >= 11 is 0. The van der Waals surface area contributed by atoms with Crippen LogP contribution in [0.2, 0.25) is 0 Å². The predicted molar refractivity (Wildman–Crippen MR) is 136 cm³/mol. The third kappa shape index (κ3) is 4.77. The Labute approximate surface area is 211 Å². The number of urea groups is 1. The number of hydrogen-bond donors (Lipinski definition) is 1. The molecular weight excluding hydrogens is 484 g/mol. The topological polar surface area (TPSA) is 101 Å². The third-order valence-electron chi connectivity index (χ3n) is 6.79. The van der Waals surface area contributed by atoms with Gasteiger partial charge >= 0.3 is 6.03 Å². The summed E-state index contributed by atoms with van der Waals surface area (Å²) in [5, 5.41) is 2.72. The number of para-hydroxylation sites is 2. The standard InChI is InChI=1S/C25H32N4O6S/c1-33-20-8-3-2-7-19(20)28-15-13-27(14-16-28)11-4-5-12-29-25(30)26-23-22(36(29,31)32)10-9-21-24(23)35-18-6-17-34-21/h2-3,7-10H,4-6,11-18H2,1H3,(H,26,30). The van der Waals surface area contributed by atoms with E-state index in [1.54, 1.807) is 13.2 Å². The van der Waals surface area contributed by atoms with Crippen LogP contribution in [-0.2, 0) is 10.0 Å². The lowest BCUT2D eigenvalue weighted by molar-refractivity contribution is 0.229. The van der Waals surface area contributed by atoms with Crippen LogP contribution in [0.4, 0.5) is 16.2 Å². The molecule has 0 aliphatic carbocycles. The van der Waals surface area contributed by atoms with E-state index in [4.69, 9.17) is 14.2 Å². The van der Waals surface area contributed by atoms with Crippen LogP contribution in [-0.4, -0.2) is 83.2 Å². The molecule has 36 heavy (non-hydrogen) atoms. The Kier molecular flexibility index (Phi) is 7.10. The van der Waals surface area contributed by atoms with Gasteiger partial charge in [-0.15, -0.1) is 0 Å². The molecule has 0 unspecified atom stereocenters. The Bertz CT molecular complexity index is 1210. The molecule has 0 radical (unpaired) electrons. The van der Waals surface area contributed by atoms with Crippen molar-refractivity contribution in [2.75, 3.05) is 69.8 Å². The van der Waals surface area contributed by atoms with Crippen molar-refractivity contribution in [3.05, 3.63) is 36.4 Å². The zero-order chi connectivity index (χ0) is 25.1. The van der Waals surface area contributed by atoms with Gasteiger partial charge in [0.05, 0.1) is 26.0 Å². The van der Waals surface area contributed by atoms with Crippen LogP contribution in [0.1, 0.15) is 19.3 Å². The molecule has 3 heterocycles. The van der Waals surface area contributed by atoms with Crippen molar-refractivity contribution in [1.82, 2.24) is 9.21 Å². The number of sulfonamides is 1. The highest BCUT2D eigenvalue weighted by Crippen LogP contribution is 2.44. The summed E-state index contributed by atoms with van der Waals surface area (Å²) in [7, 11) is -2.29. The summed E-state index contributed by atoms with van der Waals surface area (Å²) in [6, 6.07) is 10.5. The van der Waals surface area contributed by atoms with Gasteiger partial charge in [-0.1, -0.05) is 12.1 Å². The zero-order valence-electron chi connectivity index (χ0n) is 20.4. The van der Waals surface area contributed by atoms with Gasteiger partial charge in [-0.2, -0.15) is 0 Å². The largest absolute Gasteiger partial charge is 0.495 e. The first-order valence-corrected chi connectivity index (χ1v) is 13.8. The fraction of sp³-hybridized carbons (Fsp3) is 0.480. The van der Waals surface area contributed by atoms with Crippen LogP contribution in [0.3, 0.4) is 0 Å². The number of amides is 2. The summed E-state index contributed by atoms with van der Waals surface area (Å²) in [6.07, 6.45) is 2.06. The summed E-state index contributed by atoms with van der Waals surface area (Å²) < 4.78 is 44.2. The molecule has 3 aliphatic heterocycles. The second-order valence-corrected chi connectivity index (χ2v) is 10.9. The lowest BCUT2D eigenvalue weighted by atomic mass is 10.2. The molecule has 0 aromatic heterocycles. The molecule has 10 nitrogen and oxygen atoms in total. The van der Waals surface area contributed by atoms with E-state index >= 15 is 0 Å². The van der Waals surface area contributed by atoms with Crippen molar-refractivity contribution < 1.29 is 27.4 Å². The quantitative estimate of drug-likeness (QED) is 0.561. The highest BCUT2D eigenvalue weighted by molar-refractivity contribution is 7.90. The number of fused-ring (bicyclic) bond motifs is 3. The molecular formula is C25H32N4O6S. The molecule has 11 heteroatoms. The minimum atomic E-state index is -3.97. The van der Waals surface area contributed by atoms with E-state index in [0.717, 1.165) is 54.9 Å². The van der Waals surface area contributed by atoms with Crippen LogP contribution in [0.25, 0.3) is 0 Å². The summed E-state index contributed by atoms with van der Waals surface area (Å²) in [6.45, 7) is 5.49. The normalized spacial score (nSPS) is 19.3. The number of benzene rings is 2. The van der Waals surface area contributed by atoms with Crippen molar-refractivity contribution in [2.24, 2.45) is 0 Å². The molecule has 3 aliphatic rings. The van der Waals surface area contributed by atoms with Crippen LogP contribution in [0.15, 0.2) is 41.3 Å². The fourth-order valence-corrected chi connectivity index (χ4v) is 6.38. The Morgan fingerprint density at radius 3 is 2.53 bits per heavy atom. The Hall–Kier alpha value is -3.18. The van der Waals surface area contributed by atoms with Gasteiger partial charge in [0.15, 0.2) is 11.5 Å². The van der Waals surface area contributed by atoms with Crippen molar-refractivity contribution in [1.29, 1.82) is 0 Å². The number of rotatable bonds is 7. The van der Waals surface area contributed by atoms with E-state index in [1.807, 2.05) is 18.2 Å². The number of carbonyl (C=O) groups is 1. The molecule has 0 atom stereocenters. The molecule has 2 amide bonds. The lowest BCUT2D eigenvalue weighted by Gasteiger charge is -2.36. The van der Waals surface area contributed by atoms with Gasteiger partial charge in [0.1, 0.15) is 16.3 Å². The maximum absolute atomic E-state index is 13.2. The van der Waals surface area contributed by atoms with Crippen molar-refractivity contribution in [3.63, 3.8) is 0 Å². The molecule has 0 bridgehead atoms. The smallest absolute Gasteiger partial charge is 0.335 e. The number of anilines is 2. The number of ether oxygens (including phenoxy) is 3. The Morgan fingerprint density at radius 1 is 0.972 bits per heavy atom. The second kappa shape index (κ2) is 10.4. The molecule has 0 saturated carbocycles. The van der Waals surface area contributed by atoms with Gasteiger partial charge in [0, 0.05) is 39.1 Å². The van der Waals surface area contributed by atoms with Crippen LogP contribution < -0.4 is 24.4 Å². The Balaban J connectivity index is 1.15. The molecule has 1 N–H and O–H groups in total. The molecule has 1 fully saturated rings. The van der Waals surface area contributed by atoms with Crippen LogP contribution in [0, 0.1) is 0 Å². The number of unbranched alkanes of at least 4 members (excludes halogenated alkanes) is 1. The first-order valence-electron chi connectivity index (χ1n) is 12.4. The summed E-state index contributed by atoms with van der Waals surface area (Å²) in [5.41, 5.74) is 1.28. The molecule has 2 aromatic rings. The summed E-state index contributed by atoms with van der Waals surface area (Å²) in [5.74, 6) is 1.61. The van der Waals surface area contributed by atoms with Gasteiger partial charge < -0.3 is 24.4 Å². The van der Waals surface area contributed by atoms with E-state index < -0.39 is 16.1 Å². The highest BCUT2D eigenvalue weighted by Gasteiger charge is 2.39. The van der Waals surface area contributed by atoms with Crippen molar-refractivity contribution in [2.45, 2.75) is 24.2 Å². The molecule has 5 rings (SSSR count). The van der Waals surface area contributed by atoms with E-state index in [-0.39, 0.29) is 22.9 Å². The molecule has 194 valence electrons. The summed E-state index contributed by atoms with van der Waals surface area (Å²) in [4.78, 5) is 17.5. The van der Waals surface area contributed by atoms with Crippen LogP contribution in [0.5, 0.6) is 17.2 Å². The van der Waals surface area contributed by atoms with Gasteiger partial charge in [-0.25, -0.2) is 17.5 Å². The monoisotopic (exact) mass is 516 g/mol. The number of methoxy groups -OCH3 is 1. The Morgan fingerprint density at radius 2 is 1.72 bits per heavy atom.